The average Bonchev–Trinajstić information content (AvgIpc) is 2.17. The quantitative estimate of drug-likeness (QED) is 0.870. The number of sulfone groups is 1. The predicted octanol–water partition coefficient (Wildman–Crippen LogP) is 1.13. The Kier molecular flexibility index (Phi) is 3.98. The second-order valence-electron chi connectivity index (χ2n) is 3.50. The van der Waals surface area contributed by atoms with Crippen molar-refractivity contribution in [1.82, 2.24) is 5.32 Å². The Balaban J connectivity index is 3.27. The van der Waals surface area contributed by atoms with E-state index in [0.717, 1.165) is 12.3 Å². The van der Waals surface area contributed by atoms with Crippen molar-refractivity contribution in [3.05, 3.63) is 29.3 Å². The predicted molar refractivity (Wildman–Crippen MR) is 57.1 cm³/mol. The molecule has 3 nitrogen and oxygen atoms in total. The topological polar surface area (TPSA) is 46.2 Å². The number of nitrogens with one attached hydrogen (secondary N) is 1. The fourth-order valence-electron chi connectivity index (χ4n) is 1.33. The standard InChI is InChI=1S/C10H13F2NO2S/c1-13-4-3-7-5-8(11)6-9(10(7)12)16(2,14)15/h5-6,13H,3-4H2,1-2H3. The molecule has 0 aliphatic carbocycles. The lowest BCUT2D eigenvalue weighted by molar-refractivity contribution is 0.542. The first-order valence-electron chi connectivity index (χ1n) is 4.69. The second-order valence-corrected chi connectivity index (χ2v) is 5.49. The van der Waals surface area contributed by atoms with Crippen molar-refractivity contribution in [3.8, 4) is 0 Å². The summed E-state index contributed by atoms with van der Waals surface area (Å²) in [5.74, 6) is -1.60. The zero-order valence-electron chi connectivity index (χ0n) is 9.05. The van der Waals surface area contributed by atoms with Crippen LogP contribution in [0.2, 0.25) is 0 Å². The largest absolute Gasteiger partial charge is 0.319 e. The molecule has 90 valence electrons. The number of benzene rings is 1. The Labute approximate surface area is 93.4 Å². The highest BCUT2D eigenvalue weighted by Gasteiger charge is 2.18. The zero-order valence-corrected chi connectivity index (χ0v) is 9.87. The zero-order chi connectivity index (χ0) is 12.3. The third-order valence-electron chi connectivity index (χ3n) is 2.12. The summed E-state index contributed by atoms with van der Waals surface area (Å²) in [6.07, 6.45) is 1.09. The van der Waals surface area contributed by atoms with Crippen LogP contribution in [0.5, 0.6) is 0 Å². The SMILES string of the molecule is CNCCc1cc(F)cc(S(C)(=O)=O)c1F. The highest BCUT2D eigenvalue weighted by molar-refractivity contribution is 7.90. The van der Waals surface area contributed by atoms with Crippen molar-refractivity contribution in [3.63, 3.8) is 0 Å². The summed E-state index contributed by atoms with van der Waals surface area (Å²) in [5, 5.41) is 2.78. The molecule has 1 aromatic rings. The summed E-state index contributed by atoms with van der Waals surface area (Å²) in [6, 6.07) is 1.72. The Morgan fingerprint density at radius 1 is 1.31 bits per heavy atom. The first-order valence-corrected chi connectivity index (χ1v) is 6.58. The summed E-state index contributed by atoms with van der Waals surface area (Å²) in [6.45, 7) is 0.448. The maximum absolute atomic E-state index is 13.7. The van der Waals surface area contributed by atoms with E-state index in [-0.39, 0.29) is 12.0 Å². The smallest absolute Gasteiger partial charge is 0.178 e. The van der Waals surface area contributed by atoms with Gasteiger partial charge in [0.1, 0.15) is 16.5 Å². The van der Waals surface area contributed by atoms with Gasteiger partial charge in [0.15, 0.2) is 9.84 Å². The van der Waals surface area contributed by atoms with Crippen molar-refractivity contribution in [2.24, 2.45) is 0 Å². The van der Waals surface area contributed by atoms with Crippen molar-refractivity contribution >= 4 is 9.84 Å². The van der Waals surface area contributed by atoms with Gasteiger partial charge in [-0.25, -0.2) is 17.2 Å². The van der Waals surface area contributed by atoms with E-state index in [2.05, 4.69) is 5.32 Å². The van der Waals surface area contributed by atoms with Crippen LogP contribution < -0.4 is 5.32 Å². The third-order valence-corrected chi connectivity index (χ3v) is 3.22. The van der Waals surface area contributed by atoms with Gasteiger partial charge in [0.2, 0.25) is 0 Å². The molecule has 0 fully saturated rings. The molecule has 6 heteroatoms. The molecule has 0 saturated heterocycles. The van der Waals surface area contributed by atoms with E-state index in [1.54, 1.807) is 7.05 Å². The fourth-order valence-corrected chi connectivity index (χ4v) is 2.11. The molecule has 0 saturated carbocycles. The molecule has 0 atom stereocenters. The molecule has 0 spiro atoms. The van der Waals surface area contributed by atoms with E-state index in [1.165, 1.54) is 0 Å². The lowest BCUT2D eigenvalue weighted by Gasteiger charge is -2.07. The Bertz CT molecular complexity index is 486. The normalized spacial score (nSPS) is 11.8. The fraction of sp³-hybridized carbons (Fsp3) is 0.400. The van der Waals surface area contributed by atoms with E-state index >= 15 is 0 Å². The minimum Gasteiger partial charge on any atom is -0.319 e. The second kappa shape index (κ2) is 4.88. The Morgan fingerprint density at radius 2 is 1.94 bits per heavy atom. The van der Waals surface area contributed by atoms with Crippen LogP contribution >= 0.6 is 0 Å². The summed E-state index contributed by atoms with van der Waals surface area (Å²) < 4.78 is 49.2. The first kappa shape index (κ1) is 13.1. The van der Waals surface area contributed by atoms with Crippen LogP contribution in [0.3, 0.4) is 0 Å². The summed E-state index contributed by atoms with van der Waals surface area (Å²) in [7, 11) is -2.06. The molecule has 0 aliphatic rings. The molecule has 0 radical (unpaired) electrons. The van der Waals surface area contributed by atoms with Crippen LogP contribution in [0.15, 0.2) is 17.0 Å². The maximum atomic E-state index is 13.7. The van der Waals surface area contributed by atoms with Crippen LogP contribution in [0.25, 0.3) is 0 Å². The number of rotatable bonds is 4. The van der Waals surface area contributed by atoms with E-state index in [0.29, 0.717) is 12.6 Å². The number of hydrogen-bond donors (Lipinski definition) is 1. The lowest BCUT2D eigenvalue weighted by Crippen LogP contribution is -2.13. The molecular weight excluding hydrogens is 236 g/mol. The van der Waals surface area contributed by atoms with Gasteiger partial charge in [-0.15, -0.1) is 0 Å². The van der Waals surface area contributed by atoms with Gasteiger partial charge < -0.3 is 5.32 Å². The highest BCUT2D eigenvalue weighted by atomic mass is 32.2. The molecule has 0 bridgehead atoms. The van der Waals surface area contributed by atoms with E-state index in [9.17, 15) is 17.2 Å². The number of hydrogen-bond acceptors (Lipinski definition) is 3. The Morgan fingerprint density at radius 3 is 2.44 bits per heavy atom. The summed E-state index contributed by atoms with van der Waals surface area (Å²) in [5.41, 5.74) is 0.0646. The molecule has 1 N–H and O–H groups in total. The minimum atomic E-state index is -3.74. The maximum Gasteiger partial charge on any atom is 0.178 e. The van der Waals surface area contributed by atoms with E-state index < -0.39 is 26.4 Å². The number of halogens is 2. The van der Waals surface area contributed by atoms with Crippen LogP contribution in [0, 0.1) is 11.6 Å². The van der Waals surface area contributed by atoms with Gasteiger partial charge in [-0.2, -0.15) is 0 Å². The lowest BCUT2D eigenvalue weighted by atomic mass is 10.1. The van der Waals surface area contributed by atoms with Crippen LogP contribution in [-0.4, -0.2) is 28.3 Å². The van der Waals surface area contributed by atoms with Gasteiger partial charge in [-0.1, -0.05) is 0 Å². The van der Waals surface area contributed by atoms with Crippen molar-refractivity contribution in [2.75, 3.05) is 19.8 Å². The molecule has 0 aromatic heterocycles. The van der Waals surface area contributed by atoms with Gasteiger partial charge in [0.05, 0.1) is 0 Å². The molecule has 0 heterocycles. The highest BCUT2D eigenvalue weighted by Crippen LogP contribution is 2.20. The third kappa shape index (κ3) is 2.99. The monoisotopic (exact) mass is 249 g/mol. The molecular formula is C10H13F2NO2S. The molecule has 0 amide bonds. The van der Waals surface area contributed by atoms with Gasteiger partial charge in [-0.05, 0) is 37.7 Å². The van der Waals surface area contributed by atoms with Crippen molar-refractivity contribution in [1.29, 1.82) is 0 Å². The average molecular weight is 249 g/mol. The van der Waals surface area contributed by atoms with Gasteiger partial charge >= 0.3 is 0 Å². The molecule has 0 unspecified atom stereocenters. The van der Waals surface area contributed by atoms with Gasteiger partial charge in [0.25, 0.3) is 0 Å². The number of likely N-dealkylation sites (N-methyl/N-ethyl adjacent to an activating group) is 1. The van der Waals surface area contributed by atoms with Crippen molar-refractivity contribution in [2.45, 2.75) is 11.3 Å². The molecule has 1 aromatic carbocycles. The van der Waals surface area contributed by atoms with E-state index in [1.807, 2.05) is 0 Å². The van der Waals surface area contributed by atoms with Crippen molar-refractivity contribution < 1.29 is 17.2 Å². The first-order chi connectivity index (χ1) is 7.36. The van der Waals surface area contributed by atoms with Crippen LogP contribution in [0.4, 0.5) is 8.78 Å². The van der Waals surface area contributed by atoms with Gasteiger partial charge in [-0.3, -0.25) is 0 Å². The molecule has 1 rings (SSSR count). The molecule has 16 heavy (non-hydrogen) atoms. The van der Waals surface area contributed by atoms with Crippen LogP contribution in [0.1, 0.15) is 5.56 Å². The van der Waals surface area contributed by atoms with Crippen LogP contribution in [-0.2, 0) is 16.3 Å². The molecule has 0 aliphatic heterocycles. The summed E-state index contributed by atoms with van der Waals surface area (Å²) >= 11 is 0. The van der Waals surface area contributed by atoms with E-state index in [4.69, 9.17) is 0 Å². The summed E-state index contributed by atoms with van der Waals surface area (Å²) in [4.78, 5) is -0.585. The van der Waals surface area contributed by atoms with Gasteiger partial charge in [0, 0.05) is 6.26 Å². The minimum absolute atomic E-state index is 0.0646. The Hall–Kier alpha value is -1.01.